The maximum Gasteiger partial charge on any atom is 0.322 e. The van der Waals surface area contributed by atoms with Crippen LogP contribution in [0.25, 0.3) is 0 Å². The van der Waals surface area contributed by atoms with E-state index in [1.807, 2.05) is 37.3 Å². The molecule has 2 aromatic carbocycles. The lowest BCUT2D eigenvalue weighted by molar-refractivity contribution is -0.113. The number of urea groups is 1. The zero-order chi connectivity index (χ0) is 20.5. The number of anilines is 1. The Morgan fingerprint density at radius 2 is 1.86 bits per heavy atom. The number of allylic oxidation sites excluding steroid dienone is 1. The second-order valence-corrected chi connectivity index (χ2v) is 7.57. The molecule has 7 heteroatoms. The van der Waals surface area contributed by atoms with Crippen LogP contribution in [0.2, 0.25) is 5.02 Å². The second kappa shape index (κ2) is 7.79. The molecule has 29 heavy (non-hydrogen) atoms. The standard InChI is InChI=1S/C22H22ClN3O3/c1-13-19(21(27)24-17-9-5-6-10-18(17)29-2)20(15-7-3-4-8-16(15)23)25-22(28)26(13)14-11-12-14/h3-10,14,20H,11-12H2,1-2H3,(H,24,27)(H,25,28)/t20-/m1/s1. The largest absolute Gasteiger partial charge is 0.495 e. The van der Waals surface area contributed by atoms with Crippen molar-refractivity contribution in [3.8, 4) is 5.75 Å². The van der Waals surface area contributed by atoms with Crippen molar-refractivity contribution < 1.29 is 14.3 Å². The normalized spacial score (nSPS) is 19.1. The number of carbonyl (C=O) groups excluding carboxylic acids is 2. The monoisotopic (exact) mass is 411 g/mol. The Balaban J connectivity index is 1.77. The molecular formula is C22H22ClN3O3. The van der Waals surface area contributed by atoms with E-state index in [-0.39, 0.29) is 18.0 Å². The third-order valence-electron chi connectivity index (χ3n) is 5.25. The topological polar surface area (TPSA) is 70.7 Å². The van der Waals surface area contributed by atoms with Gasteiger partial charge in [-0.15, -0.1) is 0 Å². The van der Waals surface area contributed by atoms with Crippen molar-refractivity contribution in [3.05, 3.63) is 70.4 Å². The Morgan fingerprint density at radius 1 is 1.17 bits per heavy atom. The van der Waals surface area contributed by atoms with Crippen molar-refractivity contribution in [1.29, 1.82) is 0 Å². The molecule has 0 aromatic heterocycles. The zero-order valence-corrected chi connectivity index (χ0v) is 17.0. The van der Waals surface area contributed by atoms with Gasteiger partial charge in [-0.3, -0.25) is 9.69 Å². The Labute approximate surface area is 174 Å². The quantitative estimate of drug-likeness (QED) is 0.761. The molecule has 1 atom stereocenters. The van der Waals surface area contributed by atoms with E-state index < -0.39 is 6.04 Å². The molecule has 2 aliphatic rings. The van der Waals surface area contributed by atoms with Gasteiger partial charge >= 0.3 is 6.03 Å². The summed E-state index contributed by atoms with van der Waals surface area (Å²) in [4.78, 5) is 27.9. The fraction of sp³-hybridized carbons (Fsp3) is 0.273. The van der Waals surface area contributed by atoms with E-state index >= 15 is 0 Å². The summed E-state index contributed by atoms with van der Waals surface area (Å²) in [7, 11) is 1.55. The van der Waals surface area contributed by atoms with Gasteiger partial charge in [0.2, 0.25) is 0 Å². The van der Waals surface area contributed by atoms with Crippen molar-refractivity contribution in [1.82, 2.24) is 10.2 Å². The number of nitrogens with one attached hydrogen (secondary N) is 2. The molecule has 1 saturated carbocycles. The summed E-state index contributed by atoms with van der Waals surface area (Å²) in [5, 5.41) is 6.40. The first-order valence-electron chi connectivity index (χ1n) is 9.50. The molecule has 0 spiro atoms. The smallest absolute Gasteiger partial charge is 0.322 e. The van der Waals surface area contributed by atoms with Gasteiger partial charge in [-0.2, -0.15) is 0 Å². The van der Waals surface area contributed by atoms with E-state index in [9.17, 15) is 9.59 Å². The van der Waals surface area contributed by atoms with E-state index in [1.54, 1.807) is 30.2 Å². The maximum atomic E-state index is 13.4. The number of halogens is 1. The lowest BCUT2D eigenvalue weighted by Crippen LogP contribution is -2.49. The van der Waals surface area contributed by atoms with Crippen molar-refractivity contribution in [2.75, 3.05) is 12.4 Å². The molecule has 0 bridgehead atoms. The summed E-state index contributed by atoms with van der Waals surface area (Å²) >= 11 is 6.40. The summed E-state index contributed by atoms with van der Waals surface area (Å²) < 4.78 is 5.35. The SMILES string of the molecule is COc1ccccc1NC(=O)C1=C(C)N(C2CC2)C(=O)N[C@@H]1c1ccccc1Cl. The van der Waals surface area contributed by atoms with Gasteiger partial charge in [0.1, 0.15) is 5.75 Å². The van der Waals surface area contributed by atoms with Crippen LogP contribution in [0.4, 0.5) is 10.5 Å². The molecule has 2 N–H and O–H groups in total. The summed E-state index contributed by atoms with van der Waals surface area (Å²) in [6.07, 6.45) is 1.87. The van der Waals surface area contributed by atoms with Crippen LogP contribution in [0.15, 0.2) is 59.8 Å². The van der Waals surface area contributed by atoms with Crippen LogP contribution in [-0.4, -0.2) is 30.0 Å². The van der Waals surface area contributed by atoms with Gasteiger partial charge in [-0.05, 0) is 43.5 Å². The van der Waals surface area contributed by atoms with Gasteiger partial charge in [-0.25, -0.2) is 4.79 Å². The summed E-state index contributed by atoms with van der Waals surface area (Å²) in [5.74, 6) is 0.259. The fourth-order valence-electron chi connectivity index (χ4n) is 3.70. The fourth-order valence-corrected chi connectivity index (χ4v) is 3.95. The van der Waals surface area contributed by atoms with Crippen LogP contribution in [0.3, 0.4) is 0 Å². The number of methoxy groups -OCH3 is 1. The molecule has 2 aromatic rings. The van der Waals surface area contributed by atoms with E-state index in [1.165, 1.54) is 0 Å². The van der Waals surface area contributed by atoms with Gasteiger partial charge in [0, 0.05) is 16.8 Å². The van der Waals surface area contributed by atoms with Crippen molar-refractivity contribution in [2.45, 2.75) is 31.8 Å². The number of rotatable bonds is 5. The van der Waals surface area contributed by atoms with E-state index in [4.69, 9.17) is 16.3 Å². The van der Waals surface area contributed by atoms with E-state index in [0.717, 1.165) is 12.8 Å². The molecule has 150 valence electrons. The van der Waals surface area contributed by atoms with Gasteiger partial charge in [0.15, 0.2) is 0 Å². The molecule has 6 nitrogen and oxygen atoms in total. The zero-order valence-electron chi connectivity index (χ0n) is 16.2. The molecule has 1 heterocycles. The number of hydrogen-bond acceptors (Lipinski definition) is 3. The third kappa shape index (κ3) is 3.68. The number of hydrogen-bond donors (Lipinski definition) is 2. The predicted octanol–water partition coefficient (Wildman–Crippen LogP) is 4.49. The lowest BCUT2D eigenvalue weighted by atomic mass is 9.94. The van der Waals surface area contributed by atoms with E-state index in [0.29, 0.717) is 33.3 Å². The molecule has 1 fully saturated rings. The Kier molecular flexibility index (Phi) is 5.20. The van der Waals surface area contributed by atoms with Crippen LogP contribution in [-0.2, 0) is 4.79 Å². The van der Waals surface area contributed by atoms with Gasteiger partial charge in [0.05, 0.1) is 24.4 Å². The maximum absolute atomic E-state index is 13.4. The predicted molar refractivity (Wildman–Crippen MR) is 112 cm³/mol. The lowest BCUT2D eigenvalue weighted by Gasteiger charge is -2.36. The summed E-state index contributed by atoms with van der Waals surface area (Å²) in [5.41, 5.74) is 2.36. The van der Waals surface area contributed by atoms with Crippen LogP contribution < -0.4 is 15.4 Å². The van der Waals surface area contributed by atoms with Crippen LogP contribution >= 0.6 is 11.6 Å². The molecule has 1 aliphatic heterocycles. The number of carbonyl (C=O) groups is 2. The van der Waals surface area contributed by atoms with Crippen LogP contribution in [0.1, 0.15) is 31.4 Å². The molecule has 0 saturated heterocycles. The van der Waals surface area contributed by atoms with Crippen LogP contribution in [0, 0.1) is 0 Å². The second-order valence-electron chi connectivity index (χ2n) is 7.16. The minimum Gasteiger partial charge on any atom is -0.495 e. The molecular weight excluding hydrogens is 390 g/mol. The number of amides is 3. The van der Waals surface area contributed by atoms with Crippen molar-refractivity contribution >= 4 is 29.2 Å². The first kappa shape index (κ1) is 19.3. The Bertz CT molecular complexity index is 1000. The number of benzene rings is 2. The van der Waals surface area contributed by atoms with Crippen molar-refractivity contribution in [2.24, 2.45) is 0 Å². The summed E-state index contributed by atoms with van der Waals surface area (Å²) in [6.45, 7) is 1.82. The van der Waals surface area contributed by atoms with Gasteiger partial charge < -0.3 is 15.4 Å². The highest BCUT2D eigenvalue weighted by molar-refractivity contribution is 6.31. The van der Waals surface area contributed by atoms with Gasteiger partial charge in [-0.1, -0.05) is 41.9 Å². The average Bonchev–Trinajstić information content (AvgIpc) is 3.53. The minimum absolute atomic E-state index is 0.135. The first-order chi connectivity index (χ1) is 14.0. The number of para-hydroxylation sites is 2. The molecule has 0 unspecified atom stereocenters. The molecule has 1 aliphatic carbocycles. The molecule has 4 rings (SSSR count). The average molecular weight is 412 g/mol. The summed E-state index contributed by atoms with van der Waals surface area (Å²) in [6, 6.07) is 13.7. The molecule has 0 radical (unpaired) electrons. The van der Waals surface area contributed by atoms with E-state index in [2.05, 4.69) is 10.6 Å². The minimum atomic E-state index is -0.638. The Hall–Kier alpha value is -2.99. The molecule has 3 amide bonds. The van der Waals surface area contributed by atoms with Gasteiger partial charge in [0.25, 0.3) is 5.91 Å². The third-order valence-corrected chi connectivity index (χ3v) is 5.60. The highest BCUT2D eigenvalue weighted by Gasteiger charge is 2.42. The first-order valence-corrected chi connectivity index (χ1v) is 9.88. The van der Waals surface area contributed by atoms with Crippen LogP contribution in [0.5, 0.6) is 5.75 Å². The highest BCUT2D eigenvalue weighted by atomic mass is 35.5. The number of ether oxygens (including phenoxy) is 1. The van der Waals surface area contributed by atoms with Crippen molar-refractivity contribution in [3.63, 3.8) is 0 Å². The number of nitrogens with zero attached hydrogens (tertiary/aromatic N) is 1. The highest BCUT2D eigenvalue weighted by Crippen LogP contribution is 2.39. The Morgan fingerprint density at radius 3 is 2.55 bits per heavy atom.